The summed E-state index contributed by atoms with van der Waals surface area (Å²) in [6.45, 7) is 8.51. The fraction of sp³-hybridized carbons (Fsp3) is 0.255. The molecule has 11 nitrogen and oxygen atoms in total. The van der Waals surface area contributed by atoms with Crippen LogP contribution in [0.5, 0.6) is 17.2 Å². The number of amides is 2. The van der Waals surface area contributed by atoms with Crippen molar-refractivity contribution in [1.82, 2.24) is 19.3 Å². The summed E-state index contributed by atoms with van der Waals surface area (Å²) in [5, 5.41) is 3.80. The number of hydrogen-bond donors (Lipinski definition) is 1. The van der Waals surface area contributed by atoms with Crippen molar-refractivity contribution in [2.24, 2.45) is 0 Å². The van der Waals surface area contributed by atoms with Crippen molar-refractivity contribution in [3.63, 3.8) is 0 Å². The number of nitrogens with one attached hydrogen (secondary N) is 1. The number of para-hydroxylation sites is 1. The summed E-state index contributed by atoms with van der Waals surface area (Å²) in [5.74, 6) is 0.530. The van der Waals surface area contributed by atoms with E-state index in [1.165, 1.54) is 12.5 Å². The number of carbonyl (C=O) groups is 3. The van der Waals surface area contributed by atoms with E-state index in [4.69, 9.17) is 14.2 Å². The average Bonchev–Trinajstić information content (AvgIpc) is 3.84. The first-order valence-corrected chi connectivity index (χ1v) is 19.7. The van der Waals surface area contributed by atoms with Gasteiger partial charge in [0, 0.05) is 69.4 Å². The van der Waals surface area contributed by atoms with E-state index < -0.39 is 5.97 Å². The van der Waals surface area contributed by atoms with E-state index in [1.807, 2.05) is 83.1 Å². The Kier molecular flexibility index (Phi) is 9.92. The minimum atomic E-state index is -0.427. The van der Waals surface area contributed by atoms with Crippen LogP contribution in [-0.2, 0) is 17.8 Å². The molecule has 1 aromatic heterocycles. The quantitative estimate of drug-likeness (QED) is 0.127. The van der Waals surface area contributed by atoms with Crippen LogP contribution in [0.25, 0.3) is 27.8 Å². The molecule has 0 aliphatic carbocycles. The van der Waals surface area contributed by atoms with Gasteiger partial charge in [0.1, 0.15) is 5.75 Å². The molecule has 5 aromatic carbocycles. The van der Waals surface area contributed by atoms with Gasteiger partial charge in [0.15, 0.2) is 11.5 Å². The number of esters is 1. The van der Waals surface area contributed by atoms with Crippen LogP contribution in [0.4, 0.5) is 5.69 Å². The van der Waals surface area contributed by atoms with Gasteiger partial charge < -0.3 is 33.9 Å². The lowest BCUT2D eigenvalue weighted by molar-refractivity contribution is -0.131. The molecule has 0 unspecified atom stereocenters. The Morgan fingerprint density at radius 1 is 0.810 bits per heavy atom. The Balaban J connectivity index is 1.20. The molecule has 294 valence electrons. The third-order valence-electron chi connectivity index (χ3n) is 11.4. The fourth-order valence-corrected chi connectivity index (χ4v) is 8.43. The van der Waals surface area contributed by atoms with Crippen LogP contribution < -0.4 is 19.5 Å². The van der Waals surface area contributed by atoms with Crippen LogP contribution in [0.15, 0.2) is 109 Å². The molecular formula is C47H45N5O6. The maximum absolute atomic E-state index is 15.5. The first-order valence-electron chi connectivity index (χ1n) is 19.7. The van der Waals surface area contributed by atoms with Crippen LogP contribution in [0, 0.1) is 6.92 Å². The highest BCUT2D eigenvalue weighted by Crippen LogP contribution is 2.43. The number of benzene rings is 5. The number of hydrogen-bond acceptors (Lipinski definition) is 8. The summed E-state index contributed by atoms with van der Waals surface area (Å²) >= 11 is 0. The van der Waals surface area contributed by atoms with Gasteiger partial charge in [-0.25, -0.2) is 0 Å². The van der Waals surface area contributed by atoms with Gasteiger partial charge in [-0.3, -0.25) is 19.3 Å². The molecule has 4 heterocycles. The van der Waals surface area contributed by atoms with E-state index in [2.05, 4.69) is 40.4 Å². The molecule has 6 aromatic rings. The highest BCUT2D eigenvalue weighted by atomic mass is 16.7. The van der Waals surface area contributed by atoms with Gasteiger partial charge in [-0.15, -0.1) is 0 Å². The molecule has 1 N–H and O–H groups in total. The van der Waals surface area contributed by atoms with E-state index in [1.54, 1.807) is 24.3 Å². The molecular weight excluding hydrogens is 731 g/mol. The topological polar surface area (TPSA) is 106 Å². The second kappa shape index (κ2) is 15.5. The molecule has 0 bridgehead atoms. The van der Waals surface area contributed by atoms with Crippen molar-refractivity contribution in [2.45, 2.75) is 32.9 Å². The van der Waals surface area contributed by atoms with E-state index >= 15 is 4.79 Å². The van der Waals surface area contributed by atoms with E-state index in [9.17, 15) is 9.59 Å². The number of fused-ring (bicyclic) bond motifs is 3. The summed E-state index contributed by atoms with van der Waals surface area (Å²) in [6.07, 6.45) is 0.751. The summed E-state index contributed by atoms with van der Waals surface area (Å²) < 4.78 is 19.2. The van der Waals surface area contributed by atoms with Crippen molar-refractivity contribution in [3.8, 4) is 34.2 Å². The lowest BCUT2D eigenvalue weighted by atomic mass is 9.92. The molecule has 3 aliphatic heterocycles. The van der Waals surface area contributed by atoms with Crippen LogP contribution in [0.1, 0.15) is 44.3 Å². The minimum Gasteiger partial charge on any atom is -0.454 e. The van der Waals surface area contributed by atoms with Crippen molar-refractivity contribution in [2.75, 3.05) is 51.9 Å². The first kappa shape index (κ1) is 37.2. The first-order chi connectivity index (χ1) is 28.2. The Hall–Kier alpha value is -6.43. The highest BCUT2D eigenvalue weighted by Gasteiger charge is 2.36. The smallest absolute Gasteiger partial charge is 0.308 e. The number of piperazine rings is 1. The number of aromatic nitrogens is 1. The lowest BCUT2D eigenvalue weighted by Gasteiger charge is -2.41. The Labute approximate surface area is 337 Å². The number of aryl methyl sites for hydroxylation is 1. The molecule has 58 heavy (non-hydrogen) atoms. The third-order valence-corrected chi connectivity index (χ3v) is 11.4. The number of likely N-dealkylation sites (N-methyl/N-ethyl adjacent to an activating group) is 1. The van der Waals surface area contributed by atoms with Crippen molar-refractivity contribution < 1.29 is 28.6 Å². The van der Waals surface area contributed by atoms with Gasteiger partial charge in [-0.1, -0.05) is 72.3 Å². The zero-order valence-electron chi connectivity index (χ0n) is 32.9. The predicted molar refractivity (Wildman–Crippen MR) is 223 cm³/mol. The van der Waals surface area contributed by atoms with Gasteiger partial charge in [0.05, 0.1) is 28.0 Å². The fourth-order valence-electron chi connectivity index (χ4n) is 8.43. The van der Waals surface area contributed by atoms with Crippen LogP contribution in [-0.4, -0.2) is 89.7 Å². The monoisotopic (exact) mass is 775 g/mol. The van der Waals surface area contributed by atoms with E-state index in [0.717, 1.165) is 61.4 Å². The SMILES string of the molecule is CC(=O)Oc1ccc(NC(=O)c2c(-c3ccc(C)cc3)n(-c3cc4c(cc3C(=O)N3Cc5ccccc5C[C@H]3CN3CCN(C)CC3)OCO4)c3ccccc23)cc1. The molecule has 1 atom stereocenters. The molecule has 1 saturated heterocycles. The second-order valence-electron chi connectivity index (χ2n) is 15.4. The molecule has 0 spiro atoms. The third kappa shape index (κ3) is 7.19. The Bertz CT molecular complexity index is 2540. The molecule has 9 rings (SSSR count). The summed E-state index contributed by atoms with van der Waals surface area (Å²) in [4.78, 5) is 48.6. The molecule has 3 aliphatic rings. The van der Waals surface area contributed by atoms with E-state index in [0.29, 0.717) is 57.4 Å². The highest BCUT2D eigenvalue weighted by molar-refractivity contribution is 6.18. The molecule has 11 heteroatoms. The molecule has 2 amide bonds. The largest absolute Gasteiger partial charge is 0.454 e. The van der Waals surface area contributed by atoms with Gasteiger partial charge in [-0.2, -0.15) is 0 Å². The zero-order valence-corrected chi connectivity index (χ0v) is 32.9. The molecule has 1 fully saturated rings. The standard InChI is InChI=1S/C47H45N5O6/c1-30-12-14-32(15-13-30)45-44(46(54)48-35-16-18-37(19-17-35)58-31(2)53)38-10-6-7-11-40(38)52(45)41-26-43-42(56-29-57-43)25-39(41)47(55)51-27-34-9-5-4-8-33(34)24-36(51)28-50-22-20-49(3)21-23-50/h4-19,25-26,36H,20-24,27-29H2,1-3H3,(H,48,54)/t36-/m0/s1. The number of nitrogens with zero attached hydrogens (tertiary/aromatic N) is 4. The number of carbonyl (C=O) groups excluding carboxylic acids is 3. The summed E-state index contributed by atoms with van der Waals surface area (Å²) in [6, 6.07) is 34.5. The molecule has 0 radical (unpaired) electrons. The van der Waals surface area contributed by atoms with Crippen LogP contribution >= 0.6 is 0 Å². The predicted octanol–water partition coefficient (Wildman–Crippen LogP) is 7.33. The zero-order chi connectivity index (χ0) is 39.9. The minimum absolute atomic E-state index is 0.0384. The van der Waals surface area contributed by atoms with Gasteiger partial charge in [0.25, 0.3) is 11.8 Å². The summed E-state index contributed by atoms with van der Waals surface area (Å²) in [5.41, 5.74) is 7.67. The maximum Gasteiger partial charge on any atom is 0.308 e. The maximum atomic E-state index is 15.5. The Morgan fingerprint density at radius 3 is 2.24 bits per heavy atom. The number of ether oxygens (including phenoxy) is 3. The van der Waals surface area contributed by atoms with Crippen molar-refractivity contribution in [3.05, 3.63) is 137 Å². The number of anilines is 1. The summed E-state index contributed by atoms with van der Waals surface area (Å²) in [7, 11) is 2.15. The second-order valence-corrected chi connectivity index (χ2v) is 15.4. The van der Waals surface area contributed by atoms with Crippen LogP contribution in [0.3, 0.4) is 0 Å². The Morgan fingerprint density at radius 2 is 1.50 bits per heavy atom. The van der Waals surface area contributed by atoms with E-state index in [-0.39, 0.29) is 24.6 Å². The van der Waals surface area contributed by atoms with Gasteiger partial charge in [0.2, 0.25) is 6.79 Å². The molecule has 0 saturated carbocycles. The average molecular weight is 776 g/mol. The normalized spacial score (nSPS) is 16.6. The number of rotatable bonds is 8. The van der Waals surface area contributed by atoms with Gasteiger partial charge in [-0.05, 0) is 73.5 Å². The van der Waals surface area contributed by atoms with Crippen molar-refractivity contribution >= 4 is 34.4 Å². The lowest BCUT2D eigenvalue weighted by Crippen LogP contribution is -2.53. The van der Waals surface area contributed by atoms with Crippen molar-refractivity contribution in [1.29, 1.82) is 0 Å². The van der Waals surface area contributed by atoms with Gasteiger partial charge >= 0.3 is 5.97 Å². The van der Waals surface area contributed by atoms with Crippen LogP contribution in [0.2, 0.25) is 0 Å².